The van der Waals surface area contributed by atoms with E-state index >= 15 is 0 Å². The van der Waals surface area contributed by atoms with Crippen molar-refractivity contribution in [1.82, 2.24) is 5.32 Å². The summed E-state index contributed by atoms with van der Waals surface area (Å²) >= 11 is 0. The smallest absolute Gasteiger partial charge is 0.0774 e. The molecule has 3 nitrogen and oxygen atoms in total. The molecule has 1 N–H and O–H groups in total. The Kier molecular flexibility index (Phi) is 8.83. The van der Waals surface area contributed by atoms with Gasteiger partial charge >= 0.3 is 0 Å². The second kappa shape index (κ2) is 8.89. The summed E-state index contributed by atoms with van der Waals surface area (Å²) in [5.74, 6) is 0.542. The molecule has 0 amide bonds. The van der Waals surface area contributed by atoms with Crippen molar-refractivity contribution < 1.29 is 9.47 Å². The predicted octanol–water partition coefficient (Wildman–Crippen LogP) is 3.09. The third-order valence-electron chi connectivity index (χ3n) is 3.45. The second-order valence-electron chi connectivity index (χ2n) is 6.26. The van der Waals surface area contributed by atoms with Crippen LogP contribution in [0.1, 0.15) is 47.5 Å². The van der Waals surface area contributed by atoms with Gasteiger partial charge in [0.15, 0.2) is 0 Å². The molecule has 0 fully saturated rings. The standard InChI is InChI=1S/C15H33NO2/c1-8-10-16-13(12(2)9-11-17-6)14(18-7)15(3,4)5/h12-14,16H,8-11H2,1-7H3. The molecule has 0 aromatic heterocycles. The van der Waals surface area contributed by atoms with Gasteiger partial charge in [0.2, 0.25) is 0 Å². The molecule has 0 aliphatic carbocycles. The Balaban J connectivity index is 4.71. The van der Waals surface area contributed by atoms with Crippen LogP contribution in [0.25, 0.3) is 0 Å². The first-order chi connectivity index (χ1) is 8.38. The lowest BCUT2D eigenvalue weighted by Gasteiger charge is -2.39. The minimum Gasteiger partial charge on any atom is -0.385 e. The van der Waals surface area contributed by atoms with Gasteiger partial charge in [-0.3, -0.25) is 0 Å². The number of rotatable bonds is 9. The lowest BCUT2D eigenvalue weighted by molar-refractivity contribution is -0.0275. The number of hydrogen-bond donors (Lipinski definition) is 1. The van der Waals surface area contributed by atoms with Crippen LogP contribution >= 0.6 is 0 Å². The van der Waals surface area contributed by atoms with Crippen LogP contribution in [-0.2, 0) is 9.47 Å². The van der Waals surface area contributed by atoms with Crippen molar-refractivity contribution in [2.75, 3.05) is 27.4 Å². The molecule has 0 aliphatic rings. The number of hydrogen-bond acceptors (Lipinski definition) is 3. The van der Waals surface area contributed by atoms with Crippen molar-refractivity contribution in [2.24, 2.45) is 11.3 Å². The Morgan fingerprint density at radius 1 is 1.17 bits per heavy atom. The molecule has 0 aromatic carbocycles. The van der Waals surface area contributed by atoms with E-state index < -0.39 is 0 Å². The van der Waals surface area contributed by atoms with E-state index in [0.717, 1.165) is 26.0 Å². The Morgan fingerprint density at radius 3 is 2.17 bits per heavy atom. The fraction of sp³-hybridized carbons (Fsp3) is 1.00. The monoisotopic (exact) mass is 259 g/mol. The van der Waals surface area contributed by atoms with Gasteiger partial charge in [-0.15, -0.1) is 0 Å². The Labute approximate surface area is 114 Å². The molecule has 0 bridgehead atoms. The van der Waals surface area contributed by atoms with E-state index in [1.54, 1.807) is 7.11 Å². The van der Waals surface area contributed by atoms with Gasteiger partial charge in [-0.25, -0.2) is 0 Å². The van der Waals surface area contributed by atoms with Crippen LogP contribution < -0.4 is 5.32 Å². The summed E-state index contributed by atoms with van der Waals surface area (Å²) in [4.78, 5) is 0. The molecule has 0 aliphatic heterocycles. The first-order valence-corrected chi connectivity index (χ1v) is 7.13. The number of methoxy groups -OCH3 is 2. The average Bonchev–Trinajstić information content (AvgIpc) is 2.29. The van der Waals surface area contributed by atoms with Crippen molar-refractivity contribution in [3.63, 3.8) is 0 Å². The van der Waals surface area contributed by atoms with Crippen molar-refractivity contribution >= 4 is 0 Å². The number of nitrogens with one attached hydrogen (secondary N) is 1. The second-order valence-corrected chi connectivity index (χ2v) is 6.26. The molecule has 0 saturated heterocycles. The maximum Gasteiger partial charge on any atom is 0.0774 e. The molecule has 3 unspecified atom stereocenters. The molecule has 110 valence electrons. The average molecular weight is 259 g/mol. The lowest BCUT2D eigenvalue weighted by Crippen LogP contribution is -2.51. The highest BCUT2D eigenvalue weighted by molar-refractivity contribution is 4.89. The molecular formula is C15H33NO2. The van der Waals surface area contributed by atoms with E-state index in [4.69, 9.17) is 9.47 Å². The normalized spacial score (nSPS) is 17.5. The summed E-state index contributed by atoms with van der Waals surface area (Å²) in [5, 5.41) is 3.66. The first-order valence-electron chi connectivity index (χ1n) is 7.13. The van der Waals surface area contributed by atoms with E-state index in [2.05, 4.69) is 39.9 Å². The lowest BCUT2D eigenvalue weighted by atomic mass is 9.79. The van der Waals surface area contributed by atoms with Gasteiger partial charge in [0.25, 0.3) is 0 Å². The fourth-order valence-corrected chi connectivity index (χ4v) is 2.44. The SMILES string of the molecule is CCCNC(C(C)CCOC)C(OC)C(C)(C)C. The highest BCUT2D eigenvalue weighted by Crippen LogP contribution is 2.28. The quantitative estimate of drug-likeness (QED) is 0.690. The van der Waals surface area contributed by atoms with E-state index in [0.29, 0.717) is 12.0 Å². The highest BCUT2D eigenvalue weighted by Gasteiger charge is 2.34. The maximum absolute atomic E-state index is 5.77. The molecule has 3 atom stereocenters. The molecule has 0 saturated carbocycles. The van der Waals surface area contributed by atoms with Crippen LogP contribution in [0.4, 0.5) is 0 Å². The van der Waals surface area contributed by atoms with E-state index in [1.165, 1.54) is 0 Å². The summed E-state index contributed by atoms with van der Waals surface area (Å²) in [5.41, 5.74) is 0.140. The summed E-state index contributed by atoms with van der Waals surface area (Å²) in [6.07, 6.45) is 2.43. The largest absolute Gasteiger partial charge is 0.385 e. The van der Waals surface area contributed by atoms with Crippen LogP contribution in [0, 0.1) is 11.3 Å². The van der Waals surface area contributed by atoms with Crippen LogP contribution in [0.5, 0.6) is 0 Å². The number of ether oxygens (including phenoxy) is 2. The molecule has 0 radical (unpaired) electrons. The third-order valence-corrected chi connectivity index (χ3v) is 3.45. The zero-order valence-electron chi connectivity index (χ0n) is 13.4. The minimum atomic E-state index is 0.140. The van der Waals surface area contributed by atoms with Gasteiger partial charge in [0.1, 0.15) is 0 Å². The molecule has 18 heavy (non-hydrogen) atoms. The first kappa shape index (κ1) is 17.9. The summed E-state index contributed by atoms with van der Waals surface area (Å²) in [6.45, 7) is 13.1. The van der Waals surface area contributed by atoms with E-state index in [1.807, 2.05) is 7.11 Å². The van der Waals surface area contributed by atoms with Gasteiger partial charge in [0, 0.05) is 26.9 Å². The Morgan fingerprint density at radius 2 is 1.78 bits per heavy atom. The molecule has 3 heteroatoms. The van der Waals surface area contributed by atoms with Crippen molar-refractivity contribution in [2.45, 2.75) is 59.6 Å². The van der Waals surface area contributed by atoms with Crippen molar-refractivity contribution in [3.05, 3.63) is 0 Å². The molecular weight excluding hydrogens is 226 g/mol. The van der Waals surface area contributed by atoms with Crippen LogP contribution in [-0.4, -0.2) is 39.5 Å². The van der Waals surface area contributed by atoms with Gasteiger partial charge in [-0.1, -0.05) is 34.6 Å². The highest BCUT2D eigenvalue weighted by atomic mass is 16.5. The maximum atomic E-state index is 5.77. The Hall–Kier alpha value is -0.120. The molecule has 0 spiro atoms. The third kappa shape index (κ3) is 6.17. The van der Waals surface area contributed by atoms with Crippen LogP contribution in [0.3, 0.4) is 0 Å². The minimum absolute atomic E-state index is 0.140. The van der Waals surface area contributed by atoms with Crippen LogP contribution in [0.2, 0.25) is 0 Å². The molecule has 0 heterocycles. The summed E-state index contributed by atoms with van der Waals surface area (Å²) in [6, 6.07) is 0.380. The van der Waals surface area contributed by atoms with Crippen LogP contribution in [0.15, 0.2) is 0 Å². The zero-order chi connectivity index (χ0) is 14.2. The molecule has 0 aromatic rings. The van der Waals surface area contributed by atoms with Crippen molar-refractivity contribution in [3.8, 4) is 0 Å². The van der Waals surface area contributed by atoms with E-state index in [9.17, 15) is 0 Å². The van der Waals surface area contributed by atoms with Gasteiger partial charge in [-0.2, -0.15) is 0 Å². The topological polar surface area (TPSA) is 30.5 Å². The van der Waals surface area contributed by atoms with Gasteiger partial charge < -0.3 is 14.8 Å². The van der Waals surface area contributed by atoms with Crippen molar-refractivity contribution in [1.29, 1.82) is 0 Å². The summed E-state index contributed by atoms with van der Waals surface area (Å²) in [7, 11) is 3.58. The van der Waals surface area contributed by atoms with Gasteiger partial charge in [-0.05, 0) is 30.7 Å². The summed E-state index contributed by atoms with van der Waals surface area (Å²) < 4.78 is 11.0. The van der Waals surface area contributed by atoms with Gasteiger partial charge in [0.05, 0.1) is 6.10 Å². The fourth-order valence-electron chi connectivity index (χ4n) is 2.44. The Bertz CT molecular complexity index is 201. The molecule has 0 rings (SSSR count). The predicted molar refractivity (Wildman–Crippen MR) is 78.0 cm³/mol. The zero-order valence-corrected chi connectivity index (χ0v) is 13.4. The van der Waals surface area contributed by atoms with E-state index in [-0.39, 0.29) is 11.5 Å².